The topological polar surface area (TPSA) is 115 Å². The summed E-state index contributed by atoms with van der Waals surface area (Å²) in [5.41, 5.74) is 13.4. The van der Waals surface area contributed by atoms with Crippen molar-refractivity contribution < 1.29 is 13.2 Å². The summed E-state index contributed by atoms with van der Waals surface area (Å²) in [5.74, 6) is -0.727. The first kappa shape index (κ1) is 16.0. The smallest absolute Gasteiger partial charge is 0.265 e. The Hall–Kier alpha value is -2.38. The minimum atomic E-state index is -3.94. The maximum atomic E-state index is 12.2. The van der Waals surface area contributed by atoms with Crippen LogP contribution in [-0.4, -0.2) is 14.3 Å². The lowest BCUT2D eigenvalue weighted by Crippen LogP contribution is -2.30. The molecule has 6 nitrogen and oxygen atoms in total. The zero-order chi connectivity index (χ0) is 16.3. The molecule has 0 unspecified atom stereocenters. The number of carbonyl (C=O) groups excluding carboxylic acids is 1. The van der Waals surface area contributed by atoms with E-state index in [1.165, 1.54) is 24.3 Å². The van der Waals surface area contributed by atoms with Crippen LogP contribution in [0.25, 0.3) is 0 Å². The SMILES string of the molecule is Cc1ccc(C(=O)NS(=O)(=O)c2ccc(CN)cc2)cc1N. The summed E-state index contributed by atoms with van der Waals surface area (Å²) in [6.07, 6.45) is 0. The zero-order valence-electron chi connectivity index (χ0n) is 12.0. The van der Waals surface area contributed by atoms with Crippen LogP contribution in [0, 0.1) is 6.92 Å². The van der Waals surface area contributed by atoms with Crippen molar-refractivity contribution in [2.45, 2.75) is 18.4 Å². The number of benzene rings is 2. The quantitative estimate of drug-likeness (QED) is 0.731. The van der Waals surface area contributed by atoms with Crippen LogP contribution in [0.2, 0.25) is 0 Å². The van der Waals surface area contributed by atoms with Crippen molar-refractivity contribution in [3.8, 4) is 0 Å². The lowest BCUT2D eigenvalue weighted by atomic mass is 10.1. The standard InChI is InChI=1S/C15H17N3O3S/c1-10-2-5-12(8-14(10)17)15(19)18-22(20,21)13-6-3-11(9-16)4-7-13/h2-8H,9,16-17H2,1H3,(H,18,19). The van der Waals surface area contributed by atoms with Gasteiger partial charge >= 0.3 is 0 Å². The third-order valence-corrected chi connectivity index (χ3v) is 4.58. The summed E-state index contributed by atoms with van der Waals surface area (Å²) in [4.78, 5) is 12.1. The second-order valence-electron chi connectivity index (χ2n) is 4.85. The molecule has 0 aliphatic heterocycles. The molecule has 2 aromatic rings. The van der Waals surface area contributed by atoms with E-state index in [2.05, 4.69) is 0 Å². The van der Waals surface area contributed by atoms with Crippen molar-refractivity contribution in [1.82, 2.24) is 4.72 Å². The van der Waals surface area contributed by atoms with Crippen LogP contribution in [0.1, 0.15) is 21.5 Å². The Bertz CT molecular complexity index is 799. The number of rotatable bonds is 4. The van der Waals surface area contributed by atoms with Gasteiger partial charge < -0.3 is 11.5 Å². The van der Waals surface area contributed by atoms with Gasteiger partial charge in [0.25, 0.3) is 15.9 Å². The van der Waals surface area contributed by atoms with E-state index in [9.17, 15) is 13.2 Å². The minimum absolute atomic E-state index is 0.00173. The van der Waals surface area contributed by atoms with Crippen molar-refractivity contribution in [2.75, 3.05) is 5.73 Å². The molecule has 0 fully saturated rings. The normalized spacial score (nSPS) is 11.2. The highest BCUT2D eigenvalue weighted by Gasteiger charge is 2.18. The molecule has 2 rings (SSSR count). The van der Waals surface area contributed by atoms with E-state index < -0.39 is 15.9 Å². The number of nitrogen functional groups attached to an aromatic ring is 1. The molecule has 7 heteroatoms. The third kappa shape index (κ3) is 3.44. The number of hydrogen-bond acceptors (Lipinski definition) is 5. The molecule has 0 aliphatic rings. The van der Waals surface area contributed by atoms with E-state index in [0.29, 0.717) is 12.2 Å². The van der Waals surface area contributed by atoms with Gasteiger partial charge in [-0.2, -0.15) is 0 Å². The number of sulfonamides is 1. The molecule has 0 aromatic heterocycles. The lowest BCUT2D eigenvalue weighted by Gasteiger charge is -2.09. The molecule has 0 atom stereocenters. The van der Waals surface area contributed by atoms with Gasteiger partial charge in [-0.25, -0.2) is 13.1 Å². The fourth-order valence-electron chi connectivity index (χ4n) is 1.83. The molecule has 0 saturated heterocycles. The van der Waals surface area contributed by atoms with E-state index in [4.69, 9.17) is 11.5 Å². The van der Waals surface area contributed by atoms with Crippen LogP contribution < -0.4 is 16.2 Å². The van der Waals surface area contributed by atoms with Gasteiger partial charge in [-0.3, -0.25) is 4.79 Å². The molecule has 116 valence electrons. The predicted molar refractivity (Wildman–Crippen MR) is 84.6 cm³/mol. The van der Waals surface area contributed by atoms with Crippen molar-refractivity contribution in [1.29, 1.82) is 0 Å². The Morgan fingerprint density at radius 3 is 2.32 bits per heavy atom. The van der Waals surface area contributed by atoms with Crippen LogP contribution >= 0.6 is 0 Å². The highest BCUT2D eigenvalue weighted by Crippen LogP contribution is 2.15. The maximum absolute atomic E-state index is 12.2. The predicted octanol–water partition coefficient (Wildman–Crippen LogP) is 1.15. The number of anilines is 1. The van der Waals surface area contributed by atoms with Crippen molar-refractivity contribution >= 4 is 21.6 Å². The number of amides is 1. The molecule has 22 heavy (non-hydrogen) atoms. The Morgan fingerprint density at radius 2 is 1.77 bits per heavy atom. The van der Waals surface area contributed by atoms with Gasteiger partial charge in [0.05, 0.1) is 4.90 Å². The number of nitrogens with two attached hydrogens (primary N) is 2. The van der Waals surface area contributed by atoms with Crippen LogP contribution in [0.5, 0.6) is 0 Å². The van der Waals surface area contributed by atoms with Crippen LogP contribution in [0.3, 0.4) is 0 Å². The van der Waals surface area contributed by atoms with Gasteiger partial charge in [-0.1, -0.05) is 18.2 Å². The van der Waals surface area contributed by atoms with Gasteiger partial charge in [-0.05, 0) is 42.3 Å². The average molecular weight is 319 g/mol. The molecule has 1 amide bonds. The van der Waals surface area contributed by atoms with Crippen LogP contribution in [-0.2, 0) is 16.6 Å². The summed E-state index contributed by atoms with van der Waals surface area (Å²) in [5, 5.41) is 0. The Labute approximate surface area is 129 Å². The van der Waals surface area contributed by atoms with Gasteiger partial charge in [-0.15, -0.1) is 0 Å². The second-order valence-corrected chi connectivity index (χ2v) is 6.54. The fourth-order valence-corrected chi connectivity index (χ4v) is 2.80. The first-order valence-electron chi connectivity index (χ1n) is 6.56. The Kier molecular flexibility index (Phi) is 4.48. The van der Waals surface area contributed by atoms with Crippen molar-refractivity contribution in [3.63, 3.8) is 0 Å². The first-order chi connectivity index (χ1) is 10.3. The molecule has 5 N–H and O–H groups in total. The van der Waals surface area contributed by atoms with Gasteiger partial charge in [0.1, 0.15) is 0 Å². The number of hydrogen-bond donors (Lipinski definition) is 3. The fraction of sp³-hybridized carbons (Fsp3) is 0.133. The zero-order valence-corrected chi connectivity index (χ0v) is 12.9. The molecule has 0 radical (unpaired) electrons. The van der Waals surface area contributed by atoms with Crippen LogP contribution in [0.15, 0.2) is 47.4 Å². The third-order valence-electron chi connectivity index (χ3n) is 3.24. The number of aryl methyl sites for hydroxylation is 1. The van der Waals surface area contributed by atoms with Crippen molar-refractivity contribution in [3.05, 3.63) is 59.2 Å². The van der Waals surface area contributed by atoms with Gasteiger partial charge in [0.2, 0.25) is 0 Å². The van der Waals surface area contributed by atoms with Gasteiger partial charge in [0, 0.05) is 17.8 Å². The van der Waals surface area contributed by atoms with E-state index >= 15 is 0 Å². The highest BCUT2D eigenvalue weighted by molar-refractivity contribution is 7.90. The van der Waals surface area contributed by atoms with E-state index in [-0.39, 0.29) is 10.5 Å². The molecular weight excluding hydrogens is 302 g/mol. The molecule has 0 bridgehead atoms. The molecule has 2 aromatic carbocycles. The average Bonchev–Trinajstić information content (AvgIpc) is 2.49. The summed E-state index contributed by atoms with van der Waals surface area (Å²) < 4.78 is 26.4. The molecule has 0 saturated carbocycles. The second kappa shape index (κ2) is 6.17. The monoisotopic (exact) mass is 319 g/mol. The largest absolute Gasteiger partial charge is 0.398 e. The highest BCUT2D eigenvalue weighted by atomic mass is 32.2. The first-order valence-corrected chi connectivity index (χ1v) is 8.04. The van der Waals surface area contributed by atoms with Crippen LogP contribution in [0.4, 0.5) is 5.69 Å². The Balaban J connectivity index is 2.23. The summed E-state index contributed by atoms with van der Waals surface area (Å²) in [7, 11) is -3.94. The molecular formula is C15H17N3O3S. The number of carbonyl (C=O) groups is 1. The minimum Gasteiger partial charge on any atom is -0.398 e. The number of nitrogens with one attached hydrogen (secondary N) is 1. The summed E-state index contributed by atoms with van der Waals surface area (Å²) in [6.45, 7) is 2.11. The molecule has 0 heterocycles. The molecule has 0 spiro atoms. The summed E-state index contributed by atoms with van der Waals surface area (Å²) in [6, 6.07) is 10.6. The van der Waals surface area contributed by atoms with Crippen molar-refractivity contribution in [2.24, 2.45) is 5.73 Å². The van der Waals surface area contributed by atoms with E-state index in [0.717, 1.165) is 11.1 Å². The Morgan fingerprint density at radius 1 is 1.14 bits per heavy atom. The lowest BCUT2D eigenvalue weighted by molar-refractivity contribution is 0.0981. The van der Waals surface area contributed by atoms with E-state index in [1.54, 1.807) is 25.1 Å². The van der Waals surface area contributed by atoms with Gasteiger partial charge in [0.15, 0.2) is 0 Å². The molecule has 0 aliphatic carbocycles. The maximum Gasteiger partial charge on any atom is 0.265 e. The summed E-state index contributed by atoms with van der Waals surface area (Å²) >= 11 is 0. The van der Waals surface area contributed by atoms with E-state index in [1.807, 2.05) is 4.72 Å².